The number of carbonyl (C=O) groups excluding carboxylic acids is 1. The van der Waals surface area contributed by atoms with E-state index >= 15 is 0 Å². The van der Waals surface area contributed by atoms with Crippen molar-refractivity contribution in [1.29, 1.82) is 0 Å². The molecule has 0 aromatic heterocycles. The van der Waals surface area contributed by atoms with Crippen LogP contribution in [0.5, 0.6) is 0 Å². The van der Waals surface area contributed by atoms with Gasteiger partial charge in [0.1, 0.15) is 0 Å². The molecule has 1 amide bonds. The molecule has 1 fully saturated rings. The van der Waals surface area contributed by atoms with Gasteiger partial charge in [-0.15, -0.1) is 0 Å². The van der Waals surface area contributed by atoms with E-state index in [1.165, 1.54) is 31.4 Å². The van der Waals surface area contributed by atoms with Gasteiger partial charge in [-0.2, -0.15) is 0 Å². The molecule has 2 aromatic carbocycles. The number of hydrogen-bond donors (Lipinski definition) is 1. The highest BCUT2D eigenvalue weighted by Gasteiger charge is 2.10. The Bertz CT molecular complexity index is 676. The quantitative estimate of drug-likeness (QED) is 0.800. The van der Waals surface area contributed by atoms with E-state index in [0.29, 0.717) is 6.42 Å². The van der Waals surface area contributed by atoms with Gasteiger partial charge in [0.25, 0.3) is 0 Å². The molecule has 2 aromatic rings. The lowest BCUT2D eigenvalue weighted by Gasteiger charge is -2.22. The topological polar surface area (TPSA) is 32.3 Å². The largest absolute Gasteiger partial charge is 0.372 e. The predicted molar refractivity (Wildman–Crippen MR) is 104 cm³/mol. The predicted octanol–water partition coefficient (Wildman–Crippen LogP) is 5.01. The van der Waals surface area contributed by atoms with Crippen molar-refractivity contribution in [2.24, 2.45) is 0 Å². The Hall–Kier alpha value is -1.81. The summed E-state index contributed by atoms with van der Waals surface area (Å²) in [6, 6.07) is 16.0. The van der Waals surface area contributed by atoms with Crippen LogP contribution in [0.1, 0.15) is 31.2 Å². The SMILES string of the molecule is O=C(Cc1ccccc1Br)Nc1ccc(N2CCCCCC2)cc1. The van der Waals surface area contributed by atoms with E-state index in [0.717, 1.165) is 28.8 Å². The molecule has 0 aliphatic carbocycles. The summed E-state index contributed by atoms with van der Waals surface area (Å²) < 4.78 is 0.969. The second kappa shape index (κ2) is 8.34. The van der Waals surface area contributed by atoms with Gasteiger partial charge in [-0.1, -0.05) is 47.0 Å². The highest BCUT2D eigenvalue weighted by molar-refractivity contribution is 9.10. The molecule has 3 rings (SSSR count). The first-order valence-electron chi connectivity index (χ1n) is 8.60. The first-order chi connectivity index (χ1) is 11.7. The number of nitrogens with zero attached hydrogens (tertiary/aromatic N) is 1. The fraction of sp³-hybridized carbons (Fsp3) is 0.350. The molecule has 3 nitrogen and oxygen atoms in total. The number of amides is 1. The van der Waals surface area contributed by atoms with Gasteiger partial charge in [0.2, 0.25) is 5.91 Å². The molecule has 0 bridgehead atoms. The monoisotopic (exact) mass is 386 g/mol. The summed E-state index contributed by atoms with van der Waals surface area (Å²) in [6.45, 7) is 2.27. The van der Waals surface area contributed by atoms with Crippen molar-refractivity contribution < 1.29 is 4.79 Å². The minimum atomic E-state index is 0.00409. The first kappa shape index (κ1) is 17.0. The average Bonchev–Trinajstić information content (AvgIpc) is 2.87. The smallest absolute Gasteiger partial charge is 0.228 e. The molecule has 1 aliphatic rings. The molecule has 0 spiro atoms. The Labute approximate surface area is 152 Å². The Morgan fingerprint density at radius 3 is 2.29 bits per heavy atom. The van der Waals surface area contributed by atoms with Gasteiger partial charge in [-0.25, -0.2) is 0 Å². The number of halogens is 1. The number of hydrogen-bond acceptors (Lipinski definition) is 2. The molecule has 0 atom stereocenters. The van der Waals surface area contributed by atoms with E-state index in [9.17, 15) is 4.79 Å². The summed E-state index contributed by atoms with van der Waals surface area (Å²) in [4.78, 5) is 14.7. The number of carbonyl (C=O) groups is 1. The lowest BCUT2D eigenvalue weighted by atomic mass is 10.1. The van der Waals surface area contributed by atoms with Gasteiger partial charge >= 0.3 is 0 Å². The zero-order chi connectivity index (χ0) is 16.8. The van der Waals surface area contributed by atoms with Crippen LogP contribution < -0.4 is 10.2 Å². The second-order valence-electron chi connectivity index (χ2n) is 6.26. The normalized spacial score (nSPS) is 15.0. The molecule has 1 saturated heterocycles. The standard InChI is InChI=1S/C20H23BrN2O/c21-19-8-4-3-7-16(19)15-20(24)22-17-9-11-18(12-10-17)23-13-5-1-2-6-14-23/h3-4,7-12H,1-2,5-6,13-15H2,(H,22,24). The number of benzene rings is 2. The highest BCUT2D eigenvalue weighted by atomic mass is 79.9. The maximum atomic E-state index is 12.2. The molecule has 4 heteroatoms. The molecule has 1 N–H and O–H groups in total. The van der Waals surface area contributed by atoms with Crippen molar-refractivity contribution in [2.75, 3.05) is 23.3 Å². The van der Waals surface area contributed by atoms with Crippen LogP contribution in [0.15, 0.2) is 53.0 Å². The number of anilines is 2. The third kappa shape index (κ3) is 4.60. The number of nitrogens with one attached hydrogen (secondary N) is 1. The third-order valence-corrected chi connectivity index (χ3v) is 5.20. The van der Waals surface area contributed by atoms with E-state index in [4.69, 9.17) is 0 Å². The minimum Gasteiger partial charge on any atom is -0.372 e. The van der Waals surface area contributed by atoms with E-state index in [2.05, 4.69) is 38.3 Å². The van der Waals surface area contributed by atoms with Gasteiger partial charge in [-0.3, -0.25) is 4.79 Å². The van der Waals surface area contributed by atoms with E-state index in [1.54, 1.807) is 0 Å². The molecule has 1 aliphatic heterocycles. The lowest BCUT2D eigenvalue weighted by molar-refractivity contribution is -0.115. The van der Waals surface area contributed by atoms with E-state index in [1.807, 2.05) is 36.4 Å². The van der Waals surface area contributed by atoms with Crippen LogP contribution in [0, 0.1) is 0 Å². The fourth-order valence-electron chi connectivity index (χ4n) is 3.10. The van der Waals surface area contributed by atoms with Crippen LogP contribution in [0.3, 0.4) is 0 Å². The summed E-state index contributed by atoms with van der Waals surface area (Å²) in [5.74, 6) is 0.00409. The van der Waals surface area contributed by atoms with Crippen molar-refractivity contribution in [3.63, 3.8) is 0 Å². The average molecular weight is 387 g/mol. The van der Waals surface area contributed by atoms with Crippen LogP contribution in [0.2, 0.25) is 0 Å². The minimum absolute atomic E-state index is 0.00409. The molecular weight excluding hydrogens is 364 g/mol. The van der Waals surface area contributed by atoms with Crippen molar-refractivity contribution in [2.45, 2.75) is 32.1 Å². The van der Waals surface area contributed by atoms with E-state index in [-0.39, 0.29) is 5.91 Å². The van der Waals surface area contributed by atoms with Crippen LogP contribution in [0.4, 0.5) is 11.4 Å². The summed E-state index contributed by atoms with van der Waals surface area (Å²) >= 11 is 3.48. The van der Waals surface area contributed by atoms with Crippen LogP contribution in [0.25, 0.3) is 0 Å². The summed E-state index contributed by atoms with van der Waals surface area (Å²) in [5.41, 5.74) is 3.10. The second-order valence-corrected chi connectivity index (χ2v) is 7.12. The third-order valence-electron chi connectivity index (χ3n) is 4.43. The van der Waals surface area contributed by atoms with Crippen molar-refractivity contribution >= 4 is 33.2 Å². The zero-order valence-electron chi connectivity index (χ0n) is 13.8. The highest BCUT2D eigenvalue weighted by Crippen LogP contribution is 2.22. The molecule has 126 valence electrons. The molecule has 0 unspecified atom stereocenters. The van der Waals surface area contributed by atoms with Crippen LogP contribution in [-0.4, -0.2) is 19.0 Å². The summed E-state index contributed by atoms with van der Waals surface area (Å²) in [7, 11) is 0. The van der Waals surface area contributed by atoms with Gasteiger partial charge in [0.15, 0.2) is 0 Å². The van der Waals surface area contributed by atoms with Crippen LogP contribution in [-0.2, 0) is 11.2 Å². The van der Waals surface area contributed by atoms with Crippen molar-refractivity contribution in [1.82, 2.24) is 0 Å². The lowest BCUT2D eigenvalue weighted by Crippen LogP contribution is -2.23. The zero-order valence-corrected chi connectivity index (χ0v) is 15.4. The maximum Gasteiger partial charge on any atom is 0.228 e. The molecule has 1 heterocycles. The molecule has 0 saturated carbocycles. The van der Waals surface area contributed by atoms with Crippen molar-refractivity contribution in [3.8, 4) is 0 Å². The summed E-state index contributed by atoms with van der Waals surface area (Å²) in [6.07, 6.45) is 5.57. The van der Waals surface area contributed by atoms with Gasteiger partial charge in [0.05, 0.1) is 6.42 Å². The Morgan fingerprint density at radius 2 is 1.62 bits per heavy atom. The summed E-state index contributed by atoms with van der Waals surface area (Å²) in [5, 5.41) is 2.98. The van der Waals surface area contributed by atoms with Gasteiger partial charge in [-0.05, 0) is 48.7 Å². The van der Waals surface area contributed by atoms with Gasteiger partial charge < -0.3 is 10.2 Å². The number of rotatable bonds is 4. The maximum absolute atomic E-state index is 12.2. The van der Waals surface area contributed by atoms with Gasteiger partial charge in [0, 0.05) is 28.9 Å². The molecule has 0 radical (unpaired) electrons. The van der Waals surface area contributed by atoms with E-state index < -0.39 is 0 Å². The van der Waals surface area contributed by atoms with Crippen molar-refractivity contribution in [3.05, 3.63) is 58.6 Å². The first-order valence-corrected chi connectivity index (χ1v) is 9.40. The Morgan fingerprint density at radius 1 is 0.958 bits per heavy atom. The Balaban J connectivity index is 1.59. The molecule has 24 heavy (non-hydrogen) atoms. The fourth-order valence-corrected chi connectivity index (χ4v) is 3.53. The van der Waals surface area contributed by atoms with Crippen LogP contribution >= 0.6 is 15.9 Å². The Kier molecular flexibility index (Phi) is 5.91. The molecular formula is C20H23BrN2O.